The molecule has 1 aromatic carbocycles. The Morgan fingerprint density at radius 1 is 1.33 bits per heavy atom. The van der Waals surface area contributed by atoms with Crippen molar-refractivity contribution in [1.29, 1.82) is 5.26 Å². The van der Waals surface area contributed by atoms with Crippen molar-refractivity contribution in [2.24, 2.45) is 0 Å². The van der Waals surface area contributed by atoms with Crippen molar-refractivity contribution in [1.82, 2.24) is 15.6 Å². The van der Waals surface area contributed by atoms with Crippen molar-refractivity contribution in [3.05, 3.63) is 57.9 Å². The molecular weight excluding hydrogens is 413 g/mol. The first-order valence-electron chi connectivity index (χ1n) is 8.64. The molecule has 6 nitrogen and oxygen atoms in total. The first-order chi connectivity index (χ1) is 13.0. The molecule has 0 spiro atoms. The standard InChI is InChI=1S/C19H19BrFN5O/c20-16-3-1-13(9-17(16)21)11-24-19(27)25-15-5-7-26(8-6-15)18-4-2-14(10-22)12-23-18/h1-4,9,12,15H,5-8,11H2,(H2,24,25,27). The van der Waals surface area contributed by atoms with E-state index in [-0.39, 0.29) is 24.4 Å². The van der Waals surface area contributed by atoms with Crippen LogP contribution < -0.4 is 15.5 Å². The van der Waals surface area contributed by atoms with Gasteiger partial charge in [-0.1, -0.05) is 6.07 Å². The molecule has 140 valence electrons. The number of rotatable bonds is 4. The van der Waals surface area contributed by atoms with Crippen LogP contribution in [0.5, 0.6) is 0 Å². The Kier molecular flexibility index (Phi) is 6.24. The SMILES string of the molecule is N#Cc1ccc(N2CCC(NC(=O)NCc3ccc(Br)c(F)c3)CC2)nc1. The molecule has 2 heterocycles. The Bertz CT molecular complexity index is 844. The maximum atomic E-state index is 13.5. The monoisotopic (exact) mass is 431 g/mol. The topological polar surface area (TPSA) is 81.0 Å². The molecule has 0 atom stereocenters. The summed E-state index contributed by atoms with van der Waals surface area (Å²) in [4.78, 5) is 18.5. The number of piperidine rings is 1. The fourth-order valence-electron chi connectivity index (χ4n) is 2.96. The molecule has 1 aliphatic rings. The first kappa shape index (κ1) is 19.1. The molecule has 3 rings (SSSR count). The van der Waals surface area contributed by atoms with Gasteiger partial charge in [-0.05, 0) is 58.6 Å². The second-order valence-electron chi connectivity index (χ2n) is 6.35. The largest absolute Gasteiger partial charge is 0.356 e. The third-order valence-electron chi connectivity index (χ3n) is 4.47. The van der Waals surface area contributed by atoms with Gasteiger partial charge in [-0.2, -0.15) is 5.26 Å². The van der Waals surface area contributed by atoms with E-state index in [1.165, 1.54) is 6.07 Å². The van der Waals surface area contributed by atoms with Crippen molar-refractivity contribution in [3.8, 4) is 6.07 Å². The average Bonchev–Trinajstić information content (AvgIpc) is 2.69. The zero-order chi connectivity index (χ0) is 19.2. The minimum atomic E-state index is -0.349. The maximum Gasteiger partial charge on any atom is 0.315 e. The summed E-state index contributed by atoms with van der Waals surface area (Å²) < 4.78 is 13.9. The first-order valence-corrected chi connectivity index (χ1v) is 9.44. The van der Waals surface area contributed by atoms with Crippen LogP contribution in [0.2, 0.25) is 0 Å². The number of carbonyl (C=O) groups excluding carboxylic acids is 1. The van der Waals surface area contributed by atoms with Gasteiger partial charge in [-0.3, -0.25) is 0 Å². The van der Waals surface area contributed by atoms with Crippen LogP contribution in [0.1, 0.15) is 24.0 Å². The summed E-state index contributed by atoms with van der Waals surface area (Å²) in [6.07, 6.45) is 3.18. The molecule has 0 bridgehead atoms. The molecule has 1 aromatic heterocycles. The van der Waals surface area contributed by atoms with E-state index in [1.807, 2.05) is 6.07 Å². The van der Waals surface area contributed by atoms with Crippen molar-refractivity contribution < 1.29 is 9.18 Å². The van der Waals surface area contributed by atoms with Gasteiger partial charge >= 0.3 is 6.03 Å². The van der Waals surface area contributed by atoms with E-state index in [0.717, 1.165) is 31.7 Å². The molecule has 8 heteroatoms. The number of hydrogen-bond acceptors (Lipinski definition) is 4. The van der Waals surface area contributed by atoms with Crippen molar-refractivity contribution >= 4 is 27.8 Å². The number of benzene rings is 1. The fraction of sp³-hybridized carbons (Fsp3) is 0.316. The number of amides is 2. The van der Waals surface area contributed by atoms with Crippen LogP contribution in [-0.4, -0.2) is 30.1 Å². The molecule has 27 heavy (non-hydrogen) atoms. The summed E-state index contributed by atoms with van der Waals surface area (Å²) in [5.41, 5.74) is 1.24. The third kappa shape index (κ3) is 5.17. The highest BCUT2D eigenvalue weighted by Crippen LogP contribution is 2.18. The highest BCUT2D eigenvalue weighted by atomic mass is 79.9. The van der Waals surface area contributed by atoms with E-state index in [0.29, 0.717) is 15.6 Å². The zero-order valence-electron chi connectivity index (χ0n) is 14.6. The van der Waals surface area contributed by atoms with Gasteiger partial charge in [0.25, 0.3) is 0 Å². The smallest absolute Gasteiger partial charge is 0.315 e. The molecule has 0 saturated carbocycles. The lowest BCUT2D eigenvalue weighted by Gasteiger charge is -2.33. The summed E-state index contributed by atoms with van der Waals surface area (Å²) in [5, 5.41) is 14.6. The number of hydrogen-bond donors (Lipinski definition) is 2. The Hall–Kier alpha value is -2.66. The minimum absolute atomic E-state index is 0.0845. The molecule has 0 radical (unpaired) electrons. The number of nitriles is 1. The van der Waals surface area contributed by atoms with E-state index in [1.54, 1.807) is 24.4 Å². The van der Waals surface area contributed by atoms with Gasteiger partial charge in [0.05, 0.1) is 10.0 Å². The molecular formula is C19H19BrFN5O. The quantitative estimate of drug-likeness (QED) is 0.777. The maximum absolute atomic E-state index is 13.5. The van der Waals surface area contributed by atoms with E-state index in [2.05, 4.69) is 42.5 Å². The van der Waals surface area contributed by atoms with Crippen molar-refractivity contribution in [2.75, 3.05) is 18.0 Å². The summed E-state index contributed by atoms with van der Waals surface area (Å²) in [7, 11) is 0. The number of nitrogens with one attached hydrogen (secondary N) is 2. The van der Waals surface area contributed by atoms with Crippen LogP contribution >= 0.6 is 15.9 Å². The van der Waals surface area contributed by atoms with E-state index >= 15 is 0 Å². The summed E-state index contributed by atoms with van der Waals surface area (Å²) >= 11 is 3.11. The van der Waals surface area contributed by atoms with Crippen molar-refractivity contribution in [3.63, 3.8) is 0 Å². The van der Waals surface area contributed by atoms with Crippen LogP contribution in [0.3, 0.4) is 0 Å². The van der Waals surface area contributed by atoms with Crippen LogP contribution in [0, 0.1) is 17.1 Å². The van der Waals surface area contributed by atoms with Gasteiger partial charge in [0.1, 0.15) is 17.7 Å². The van der Waals surface area contributed by atoms with Crippen LogP contribution in [0.25, 0.3) is 0 Å². The third-order valence-corrected chi connectivity index (χ3v) is 5.11. The van der Waals surface area contributed by atoms with Crippen molar-refractivity contribution in [2.45, 2.75) is 25.4 Å². The lowest BCUT2D eigenvalue weighted by molar-refractivity contribution is 0.234. The highest BCUT2D eigenvalue weighted by molar-refractivity contribution is 9.10. The van der Waals surface area contributed by atoms with E-state index in [4.69, 9.17) is 5.26 Å². The molecule has 1 saturated heterocycles. The molecule has 1 fully saturated rings. The van der Waals surface area contributed by atoms with Gasteiger partial charge < -0.3 is 15.5 Å². The Morgan fingerprint density at radius 3 is 2.74 bits per heavy atom. The van der Waals surface area contributed by atoms with Crippen LogP contribution in [0.15, 0.2) is 41.0 Å². The molecule has 2 aromatic rings. The number of aromatic nitrogens is 1. The summed E-state index contributed by atoms with van der Waals surface area (Å²) in [6.45, 7) is 1.83. The lowest BCUT2D eigenvalue weighted by Crippen LogP contribution is -2.48. The summed E-state index contributed by atoms with van der Waals surface area (Å²) in [6, 6.07) is 10.3. The Morgan fingerprint density at radius 2 is 2.11 bits per heavy atom. The van der Waals surface area contributed by atoms with Gasteiger partial charge in [0.15, 0.2) is 0 Å². The van der Waals surface area contributed by atoms with E-state index < -0.39 is 0 Å². The molecule has 1 aliphatic heterocycles. The second-order valence-corrected chi connectivity index (χ2v) is 7.21. The molecule has 2 N–H and O–H groups in total. The Labute approximate surface area is 165 Å². The minimum Gasteiger partial charge on any atom is -0.356 e. The average molecular weight is 432 g/mol. The number of carbonyl (C=O) groups is 1. The number of halogens is 2. The number of nitrogens with zero attached hydrogens (tertiary/aromatic N) is 3. The molecule has 0 aliphatic carbocycles. The predicted molar refractivity (Wildman–Crippen MR) is 104 cm³/mol. The van der Waals surface area contributed by atoms with Crippen LogP contribution in [0.4, 0.5) is 15.0 Å². The second kappa shape index (κ2) is 8.82. The summed E-state index contributed by atoms with van der Waals surface area (Å²) in [5.74, 6) is 0.493. The number of urea groups is 1. The van der Waals surface area contributed by atoms with Gasteiger partial charge in [-0.25, -0.2) is 14.2 Å². The van der Waals surface area contributed by atoms with E-state index in [9.17, 15) is 9.18 Å². The van der Waals surface area contributed by atoms with Gasteiger partial charge in [0, 0.05) is 31.9 Å². The van der Waals surface area contributed by atoms with Crippen LogP contribution in [-0.2, 0) is 6.54 Å². The van der Waals surface area contributed by atoms with Gasteiger partial charge in [0.2, 0.25) is 0 Å². The molecule has 0 unspecified atom stereocenters. The fourth-order valence-corrected chi connectivity index (χ4v) is 3.21. The number of pyridine rings is 1. The lowest BCUT2D eigenvalue weighted by atomic mass is 10.1. The zero-order valence-corrected chi connectivity index (χ0v) is 16.2. The number of anilines is 1. The Balaban J connectivity index is 1.43. The normalized spacial score (nSPS) is 14.5. The highest BCUT2D eigenvalue weighted by Gasteiger charge is 2.21. The molecule has 2 amide bonds. The van der Waals surface area contributed by atoms with Gasteiger partial charge in [-0.15, -0.1) is 0 Å². The predicted octanol–water partition coefficient (Wildman–Crippen LogP) is 3.32.